The van der Waals surface area contributed by atoms with E-state index in [0.29, 0.717) is 24.8 Å². The molecule has 2 N–H and O–H groups in total. The van der Waals surface area contributed by atoms with Crippen LogP contribution in [0.25, 0.3) is 10.8 Å². The molecular formula is C24H33N3O2. The molecule has 29 heavy (non-hydrogen) atoms. The number of amides is 3. The molecule has 0 saturated carbocycles. The average Bonchev–Trinajstić information content (AvgIpc) is 2.72. The van der Waals surface area contributed by atoms with E-state index in [9.17, 15) is 9.59 Å². The molecule has 1 fully saturated rings. The predicted molar refractivity (Wildman–Crippen MR) is 118 cm³/mol. The van der Waals surface area contributed by atoms with E-state index in [-0.39, 0.29) is 18.0 Å². The predicted octanol–water partition coefficient (Wildman–Crippen LogP) is 4.31. The van der Waals surface area contributed by atoms with Gasteiger partial charge in [-0.1, -0.05) is 55.8 Å². The van der Waals surface area contributed by atoms with Gasteiger partial charge in [0.1, 0.15) is 0 Å². The minimum atomic E-state index is 0.0114. The fourth-order valence-electron chi connectivity index (χ4n) is 4.29. The minimum Gasteiger partial charge on any atom is -0.352 e. The summed E-state index contributed by atoms with van der Waals surface area (Å²) in [6.07, 6.45) is 2.39. The van der Waals surface area contributed by atoms with Crippen molar-refractivity contribution in [1.82, 2.24) is 15.5 Å². The smallest absolute Gasteiger partial charge is 0.317 e. The summed E-state index contributed by atoms with van der Waals surface area (Å²) >= 11 is 0. The molecule has 3 rings (SSSR count). The first kappa shape index (κ1) is 21.2. The molecule has 2 aromatic rings. The Morgan fingerprint density at radius 1 is 1.10 bits per heavy atom. The zero-order chi connectivity index (χ0) is 20.8. The van der Waals surface area contributed by atoms with Crippen molar-refractivity contribution in [2.75, 3.05) is 13.1 Å². The molecule has 1 aliphatic heterocycles. The molecular weight excluding hydrogens is 362 g/mol. The lowest BCUT2D eigenvalue weighted by molar-refractivity contribution is -0.123. The van der Waals surface area contributed by atoms with Crippen LogP contribution < -0.4 is 10.6 Å². The van der Waals surface area contributed by atoms with Crippen molar-refractivity contribution in [3.63, 3.8) is 0 Å². The van der Waals surface area contributed by atoms with Crippen LogP contribution in [0, 0.1) is 11.8 Å². The maximum Gasteiger partial charge on any atom is 0.317 e. The molecule has 0 radical (unpaired) electrons. The zero-order valence-electron chi connectivity index (χ0n) is 17.8. The van der Waals surface area contributed by atoms with Crippen LogP contribution in [-0.4, -0.2) is 36.0 Å². The molecule has 5 nitrogen and oxygen atoms in total. The average molecular weight is 396 g/mol. The van der Waals surface area contributed by atoms with Crippen molar-refractivity contribution >= 4 is 22.7 Å². The number of rotatable bonds is 6. The first-order valence-electron chi connectivity index (χ1n) is 10.8. The lowest BCUT2D eigenvalue weighted by atomic mass is 9.81. The summed E-state index contributed by atoms with van der Waals surface area (Å²) in [4.78, 5) is 26.8. The maximum absolute atomic E-state index is 12.6. The van der Waals surface area contributed by atoms with E-state index in [1.807, 2.05) is 36.9 Å². The SMILES string of the molecule is CCC1CN(C(=O)NC(C)C)CCC1CC(=O)NCc1cccc2ccccc12. The number of piperidine rings is 1. The quantitative estimate of drug-likeness (QED) is 0.765. The number of fused-ring (bicyclic) bond motifs is 1. The molecule has 1 aliphatic rings. The van der Waals surface area contributed by atoms with Crippen LogP contribution in [0.1, 0.15) is 45.6 Å². The van der Waals surface area contributed by atoms with Gasteiger partial charge < -0.3 is 15.5 Å². The Morgan fingerprint density at radius 2 is 1.86 bits per heavy atom. The molecule has 1 heterocycles. The highest BCUT2D eigenvalue weighted by atomic mass is 16.2. The van der Waals surface area contributed by atoms with Gasteiger partial charge in [-0.25, -0.2) is 4.79 Å². The Balaban J connectivity index is 1.54. The minimum absolute atomic E-state index is 0.0114. The van der Waals surface area contributed by atoms with Crippen LogP contribution in [0.3, 0.4) is 0 Å². The summed E-state index contributed by atoms with van der Waals surface area (Å²) in [7, 11) is 0. The van der Waals surface area contributed by atoms with Gasteiger partial charge in [0.2, 0.25) is 5.91 Å². The summed E-state index contributed by atoms with van der Waals surface area (Å²) in [5, 5.41) is 8.46. The second-order valence-electron chi connectivity index (χ2n) is 8.39. The number of nitrogens with zero attached hydrogens (tertiary/aromatic N) is 1. The van der Waals surface area contributed by atoms with Gasteiger partial charge in [0, 0.05) is 32.1 Å². The van der Waals surface area contributed by atoms with E-state index in [0.717, 1.165) is 31.5 Å². The van der Waals surface area contributed by atoms with Crippen molar-refractivity contribution in [2.24, 2.45) is 11.8 Å². The highest BCUT2D eigenvalue weighted by Crippen LogP contribution is 2.29. The third kappa shape index (κ3) is 5.49. The Morgan fingerprint density at radius 3 is 2.62 bits per heavy atom. The van der Waals surface area contributed by atoms with Gasteiger partial charge in [-0.05, 0) is 48.4 Å². The fourth-order valence-corrected chi connectivity index (χ4v) is 4.29. The number of nitrogens with one attached hydrogen (secondary N) is 2. The van der Waals surface area contributed by atoms with Gasteiger partial charge in [-0.15, -0.1) is 0 Å². The topological polar surface area (TPSA) is 61.4 Å². The largest absolute Gasteiger partial charge is 0.352 e. The molecule has 1 saturated heterocycles. The summed E-state index contributed by atoms with van der Waals surface area (Å²) in [5.74, 6) is 0.794. The normalized spacial score (nSPS) is 19.4. The molecule has 0 aromatic heterocycles. The van der Waals surface area contributed by atoms with Gasteiger partial charge in [0.05, 0.1) is 0 Å². The number of carbonyl (C=O) groups is 2. The molecule has 0 aliphatic carbocycles. The van der Waals surface area contributed by atoms with Crippen LogP contribution >= 0.6 is 0 Å². The monoisotopic (exact) mass is 395 g/mol. The summed E-state index contributed by atoms with van der Waals surface area (Å²) in [6, 6.07) is 14.6. The second kappa shape index (κ2) is 9.77. The highest BCUT2D eigenvalue weighted by Gasteiger charge is 2.31. The number of hydrogen-bond donors (Lipinski definition) is 2. The molecule has 3 amide bonds. The Bertz CT molecular complexity index is 844. The molecule has 2 unspecified atom stereocenters. The molecule has 2 aromatic carbocycles. The first-order chi connectivity index (χ1) is 14.0. The number of carbonyl (C=O) groups excluding carboxylic acids is 2. The number of benzene rings is 2. The highest BCUT2D eigenvalue weighted by molar-refractivity contribution is 5.86. The van der Waals surface area contributed by atoms with Crippen molar-refractivity contribution in [3.05, 3.63) is 48.0 Å². The Labute approximate surface area is 173 Å². The second-order valence-corrected chi connectivity index (χ2v) is 8.39. The first-order valence-corrected chi connectivity index (χ1v) is 10.8. The van der Waals surface area contributed by atoms with E-state index in [1.54, 1.807) is 0 Å². The number of hydrogen-bond acceptors (Lipinski definition) is 2. The Kier molecular flexibility index (Phi) is 7.13. The van der Waals surface area contributed by atoms with Crippen LogP contribution in [0.5, 0.6) is 0 Å². The van der Waals surface area contributed by atoms with Gasteiger partial charge in [0.25, 0.3) is 0 Å². The molecule has 0 spiro atoms. The van der Waals surface area contributed by atoms with E-state index in [4.69, 9.17) is 0 Å². The lowest BCUT2D eigenvalue weighted by Gasteiger charge is -2.38. The van der Waals surface area contributed by atoms with Gasteiger partial charge in [-0.3, -0.25) is 4.79 Å². The van der Waals surface area contributed by atoms with Crippen LogP contribution in [0.4, 0.5) is 4.79 Å². The molecule has 156 valence electrons. The van der Waals surface area contributed by atoms with Crippen LogP contribution in [-0.2, 0) is 11.3 Å². The summed E-state index contributed by atoms with van der Waals surface area (Å²) in [6.45, 7) is 8.10. The maximum atomic E-state index is 12.6. The van der Waals surface area contributed by atoms with Crippen molar-refractivity contribution in [2.45, 2.75) is 52.6 Å². The standard InChI is InChI=1S/C24H33N3O2/c1-4-18-16-27(24(29)26-17(2)3)13-12-20(18)14-23(28)25-15-21-10-7-9-19-8-5-6-11-22(19)21/h5-11,17-18,20H,4,12-16H2,1-3H3,(H,25,28)(H,26,29). The number of likely N-dealkylation sites (tertiary alicyclic amines) is 1. The van der Waals surface area contributed by atoms with Crippen molar-refractivity contribution in [1.29, 1.82) is 0 Å². The van der Waals surface area contributed by atoms with Crippen molar-refractivity contribution < 1.29 is 9.59 Å². The Hall–Kier alpha value is -2.56. The zero-order valence-corrected chi connectivity index (χ0v) is 17.8. The molecule has 2 atom stereocenters. The van der Waals surface area contributed by atoms with Gasteiger partial charge >= 0.3 is 6.03 Å². The third-order valence-corrected chi connectivity index (χ3v) is 5.92. The van der Waals surface area contributed by atoms with Crippen LogP contribution in [0.2, 0.25) is 0 Å². The summed E-state index contributed by atoms with van der Waals surface area (Å²) < 4.78 is 0. The van der Waals surface area contributed by atoms with E-state index in [1.165, 1.54) is 10.8 Å². The van der Waals surface area contributed by atoms with E-state index >= 15 is 0 Å². The van der Waals surface area contributed by atoms with E-state index in [2.05, 4.69) is 41.8 Å². The number of urea groups is 1. The van der Waals surface area contributed by atoms with E-state index < -0.39 is 0 Å². The van der Waals surface area contributed by atoms with Crippen molar-refractivity contribution in [3.8, 4) is 0 Å². The van der Waals surface area contributed by atoms with Crippen LogP contribution in [0.15, 0.2) is 42.5 Å². The third-order valence-electron chi connectivity index (χ3n) is 5.92. The summed E-state index contributed by atoms with van der Waals surface area (Å²) in [5.41, 5.74) is 1.14. The molecule has 0 bridgehead atoms. The fraction of sp³-hybridized carbons (Fsp3) is 0.500. The lowest BCUT2D eigenvalue weighted by Crippen LogP contribution is -2.50. The molecule has 5 heteroatoms. The van der Waals surface area contributed by atoms with Gasteiger partial charge in [0.15, 0.2) is 0 Å². The van der Waals surface area contributed by atoms with Gasteiger partial charge in [-0.2, -0.15) is 0 Å².